The summed E-state index contributed by atoms with van der Waals surface area (Å²) in [4.78, 5) is 1.15. The van der Waals surface area contributed by atoms with Gasteiger partial charge in [0.2, 0.25) is 0 Å². The van der Waals surface area contributed by atoms with E-state index in [2.05, 4.69) is 5.16 Å². The molecule has 0 aliphatic rings. The van der Waals surface area contributed by atoms with Crippen molar-refractivity contribution in [2.24, 2.45) is 10.9 Å². The fourth-order valence-electron chi connectivity index (χ4n) is 1.45. The predicted octanol–water partition coefficient (Wildman–Crippen LogP) is 2.31. The van der Waals surface area contributed by atoms with Gasteiger partial charge in [-0.1, -0.05) is 5.16 Å². The molecule has 3 N–H and O–H groups in total. The molecule has 0 fully saturated rings. The van der Waals surface area contributed by atoms with E-state index in [-0.39, 0.29) is 23.6 Å². The van der Waals surface area contributed by atoms with E-state index in [9.17, 15) is 17.6 Å². The average Bonchev–Trinajstić information content (AvgIpc) is 2.34. The summed E-state index contributed by atoms with van der Waals surface area (Å²) in [6.07, 6.45) is -5.33. The van der Waals surface area contributed by atoms with Gasteiger partial charge in [0.25, 0.3) is 0 Å². The smallest absolute Gasteiger partial charge is 0.390 e. The van der Waals surface area contributed by atoms with Gasteiger partial charge in [0.1, 0.15) is 5.82 Å². The van der Waals surface area contributed by atoms with Crippen molar-refractivity contribution < 1.29 is 22.8 Å². The van der Waals surface area contributed by atoms with E-state index in [1.54, 1.807) is 0 Å². The van der Waals surface area contributed by atoms with Crippen LogP contribution in [0.3, 0.4) is 0 Å². The lowest BCUT2D eigenvalue weighted by Crippen LogP contribution is -2.25. The van der Waals surface area contributed by atoms with E-state index in [1.807, 2.05) is 0 Å². The summed E-state index contributed by atoms with van der Waals surface area (Å²) in [5, 5.41) is 11.1. The molecule has 0 unspecified atom stereocenters. The van der Waals surface area contributed by atoms with Crippen molar-refractivity contribution in [2.45, 2.75) is 12.6 Å². The Kier molecular flexibility index (Phi) is 4.57. The summed E-state index contributed by atoms with van der Waals surface area (Å²) in [5.74, 6) is -1.02. The lowest BCUT2D eigenvalue weighted by Gasteiger charge is -2.21. The van der Waals surface area contributed by atoms with Crippen molar-refractivity contribution >= 4 is 11.5 Å². The number of rotatable bonds is 4. The number of nitrogens with zero attached hydrogens (tertiary/aromatic N) is 2. The molecular formula is C11H13F4N3O. The molecule has 0 amide bonds. The van der Waals surface area contributed by atoms with Crippen molar-refractivity contribution in [3.8, 4) is 0 Å². The number of hydrogen-bond donors (Lipinski definition) is 2. The summed E-state index contributed by atoms with van der Waals surface area (Å²) in [7, 11) is 1.35. The van der Waals surface area contributed by atoms with Gasteiger partial charge in [-0.2, -0.15) is 13.2 Å². The molecule has 0 heterocycles. The second kappa shape index (κ2) is 5.77. The molecule has 4 nitrogen and oxygen atoms in total. The highest BCUT2D eigenvalue weighted by atomic mass is 19.4. The van der Waals surface area contributed by atoms with Crippen LogP contribution in [0.2, 0.25) is 0 Å². The molecule has 1 rings (SSSR count). The van der Waals surface area contributed by atoms with Crippen LogP contribution in [0, 0.1) is 5.82 Å². The lowest BCUT2D eigenvalue weighted by atomic mass is 10.1. The fourth-order valence-corrected chi connectivity index (χ4v) is 1.45. The molecule has 0 saturated heterocycles. The van der Waals surface area contributed by atoms with Crippen LogP contribution >= 0.6 is 0 Å². The molecule has 106 valence electrons. The first-order valence-electron chi connectivity index (χ1n) is 5.30. The largest absolute Gasteiger partial charge is 0.409 e. The molecule has 0 aliphatic heterocycles. The number of oxime groups is 1. The molecule has 1 aromatic carbocycles. The van der Waals surface area contributed by atoms with Gasteiger partial charge in [-0.3, -0.25) is 0 Å². The first-order chi connectivity index (χ1) is 8.74. The molecular weight excluding hydrogens is 266 g/mol. The van der Waals surface area contributed by atoms with Gasteiger partial charge in [0.05, 0.1) is 12.1 Å². The first-order valence-corrected chi connectivity index (χ1v) is 5.30. The summed E-state index contributed by atoms with van der Waals surface area (Å²) in [6.45, 7) is -0.358. The van der Waals surface area contributed by atoms with Crippen LogP contribution in [0.5, 0.6) is 0 Å². The summed E-state index contributed by atoms with van der Waals surface area (Å²) >= 11 is 0. The molecule has 0 radical (unpaired) electrons. The summed E-state index contributed by atoms with van der Waals surface area (Å²) in [5.41, 5.74) is 5.44. The highest BCUT2D eigenvalue weighted by molar-refractivity contribution is 5.97. The van der Waals surface area contributed by atoms with Gasteiger partial charge in [0.15, 0.2) is 5.84 Å². The van der Waals surface area contributed by atoms with E-state index < -0.39 is 18.4 Å². The van der Waals surface area contributed by atoms with Crippen LogP contribution in [0.15, 0.2) is 23.4 Å². The Morgan fingerprint density at radius 2 is 2.05 bits per heavy atom. The molecule has 1 aromatic rings. The van der Waals surface area contributed by atoms with E-state index in [0.29, 0.717) is 0 Å². The van der Waals surface area contributed by atoms with E-state index in [4.69, 9.17) is 10.9 Å². The minimum atomic E-state index is -4.29. The van der Waals surface area contributed by atoms with Crippen molar-refractivity contribution in [2.75, 3.05) is 18.5 Å². The number of hydrogen-bond acceptors (Lipinski definition) is 3. The average molecular weight is 279 g/mol. The minimum Gasteiger partial charge on any atom is -0.409 e. The van der Waals surface area contributed by atoms with Gasteiger partial charge >= 0.3 is 6.18 Å². The van der Waals surface area contributed by atoms with Gasteiger partial charge in [0, 0.05) is 19.2 Å². The Morgan fingerprint density at radius 3 is 2.53 bits per heavy atom. The van der Waals surface area contributed by atoms with E-state index in [0.717, 1.165) is 11.0 Å². The number of amidine groups is 1. The molecule has 0 saturated carbocycles. The zero-order valence-electron chi connectivity index (χ0n) is 10.1. The number of benzene rings is 1. The lowest BCUT2D eigenvalue weighted by molar-refractivity contribution is -0.132. The monoisotopic (exact) mass is 279 g/mol. The molecule has 0 spiro atoms. The van der Waals surface area contributed by atoms with Crippen LogP contribution in [0.1, 0.15) is 12.0 Å². The third-order valence-electron chi connectivity index (χ3n) is 2.49. The van der Waals surface area contributed by atoms with Gasteiger partial charge in [-0.05, 0) is 18.2 Å². The van der Waals surface area contributed by atoms with Crippen LogP contribution in [0.4, 0.5) is 23.2 Å². The molecule has 19 heavy (non-hydrogen) atoms. The maximum atomic E-state index is 13.7. The predicted molar refractivity (Wildman–Crippen MR) is 62.9 cm³/mol. The van der Waals surface area contributed by atoms with Crippen LogP contribution in [0.25, 0.3) is 0 Å². The number of nitrogens with two attached hydrogens (primary N) is 1. The number of alkyl halides is 3. The van der Waals surface area contributed by atoms with Crippen LogP contribution in [-0.2, 0) is 0 Å². The third-order valence-corrected chi connectivity index (χ3v) is 2.49. The Bertz CT molecular complexity index is 473. The maximum absolute atomic E-state index is 13.7. The molecule has 0 bridgehead atoms. The SMILES string of the molecule is CN(CCC(F)(F)F)c1ccc(C(N)=NO)cc1F. The van der Waals surface area contributed by atoms with Crippen molar-refractivity contribution in [3.63, 3.8) is 0 Å². The second-order valence-corrected chi connectivity index (χ2v) is 3.94. The topological polar surface area (TPSA) is 61.8 Å². The number of anilines is 1. The van der Waals surface area contributed by atoms with Crippen LogP contribution in [-0.4, -0.2) is 30.8 Å². The normalized spacial score (nSPS) is 12.6. The molecule has 0 aliphatic carbocycles. The van der Waals surface area contributed by atoms with Crippen molar-refractivity contribution in [3.05, 3.63) is 29.6 Å². The van der Waals surface area contributed by atoms with Crippen molar-refractivity contribution in [1.29, 1.82) is 0 Å². The Hall–Kier alpha value is -1.99. The standard InChI is InChI=1S/C11H13F4N3O/c1-18(5-4-11(13,14)15)9-3-2-7(6-8(9)12)10(16)17-19/h2-3,6,19H,4-5H2,1H3,(H2,16,17). The fraction of sp³-hybridized carbons (Fsp3) is 0.364. The summed E-state index contributed by atoms with van der Waals surface area (Å²) < 4.78 is 49.9. The van der Waals surface area contributed by atoms with E-state index >= 15 is 0 Å². The zero-order chi connectivity index (χ0) is 14.6. The minimum absolute atomic E-state index is 0.0127. The molecule has 0 atom stereocenters. The third kappa shape index (κ3) is 4.31. The molecule has 0 aromatic heterocycles. The van der Waals surface area contributed by atoms with Crippen molar-refractivity contribution in [1.82, 2.24) is 0 Å². The first kappa shape index (κ1) is 15.1. The van der Waals surface area contributed by atoms with Gasteiger partial charge < -0.3 is 15.8 Å². The second-order valence-electron chi connectivity index (χ2n) is 3.94. The quantitative estimate of drug-likeness (QED) is 0.292. The Balaban J connectivity index is 2.85. The zero-order valence-corrected chi connectivity index (χ0v) is 10.1. The summed E-state index contributed by atoms with van der Waals surface area (Å²) in [6, 6.07) is 3.63. The Labute approximate surface area is 107 Å². The maximum Gasteiger partial charge on any atom is 0.390 e. The van der Waals surface area contributed by atoms with Gasteiger partial charge in [-0.25, -0.2) is 4.39 Å². The highest BCUT2D eigenvalue weighted by Gasteiger charge is 2.27. The highest BCUT2D eigenvalue weighted by Crippen LogP contribution is 2.23. The Morgan fingerprint density at radius 1 is 1.42 bits per heavy atom. The molecule has 8 heteroatoms. The number of halogens is 4. The van der Waals surface area contributed by atoms with Crippen LogP contribution < -0.4 is 10.6 Å². The van der Waals surface area contributed by atoms with Gasteiger partial charge in [-0.15, -0.1) is 0 Å². The van der Waals surface area contributed by atoms with E-state index in [1.165, 1.54) is 19.2 Å².